The number of nitrogens with zero attached hydrogens (tertiary/aromatic N) is 1. The third-order valence-electron chi connectivity index (χ3n) is 3.36. The monoisotopic (exact) mass is 285 g/mol. The molecule has 0 radical (unpaired) electrons. The van der Waals surface area contributed by atoms with Gasteiger partial charge in [0.05, 0.1) is 6.04 Å². The van der Waals surface area contributed by atoms with Crippen LogP contribution in [0.15, 0.2) is 41.2 Å². The van der Waals surface area contributed by atoms with Gasteiger partial charge in [-0.05, 0) is 30.0 Å². The van der Waals surface area contributed by atoms with Crippen molar-refractivity contribution < 1.29 is 4.79 Å². The van der Waals surface area contributed by atoms with Crippen molar-refractivity contribution in [1.82, 2.24) is 15.5 Å². The first-order valence-electron chi connectivity index (χ1n) is 6.94. The molecule has 1 atom stereocenters. The highest BCUT2D eigenvalue weighted by molar-refractivity contribution is 5.92. The van der Waals surface area contributed by atoms with Crippen LogP contribution >= 0.6 is 0 Å². The van der Waals surface area contributed by atoms with E-state index in [2.05, 4.69) is 41.5 Å². The van der Waals surface area contributed by atoms with Crippen LogP contribution in [-0.2, 0) is 0 Å². The number of rotatable bonds is 4. The van der Waals surface area contributed by atoms with Crippen LogP contribution in [0, 0.1) is 0 Å². The van der Waals surface area contributed by atoms with Gasteiger partial charge in [-0.2, -0.15) is 5.10 Å². The summed E-state index contributed by atoms with van der Waals surface area (Å²) in [4.78, 5) is 22.9. The fourth-order valence-electron chi connectivity index (χ4n) is 1.99. The molecule has 1 unspecified atom stereocenters. The van der Waals surface area contributed by atoms with E-state index in [-0.39, 0.29) is 23.2 Å². The predicted molar refractivity (Wildman–Crippen MR) is 81.3 cm³/mol. The first-order valence-corrected chi connectivity index (χ1v) is 6.94. The lowest BCUT2D eigenvalue weighted by atomic mass is 9.99. The van der Waals surface area contributed by atoms with Crippen molar-refractivity contribution >= 4 is 5.91 Å². The number of amides is 1. The van der Waals surface area contributed by atoms with Crippen LogP contribution in [-0.4, -0.2) is 16.1 Å². The highest BCUT2D eigenvalue weighted by atomic mass is 16.2. The summed E-state index contributed by atoms with van der Waals surface area (Å²) >= 11 is 0. The van der Waals surface area contributed by atoms with Gasteiger partial charge in [-0.3, -0.25) is 9.59 Å². The Labute approximate surface area is 123 Å². The molecule has 0 saturated carbocycles. The molecule has 0 aliphatic carbocycles. The van der Waals surface area contributed by atoms with Gasteiger partial charge in [-0.25, -0.2) is 5.10 Å². The average Bonchev–Trinajstić information content (AvgIpc) is 2.47. The van der Waals surface area contributed by atoms with Gasteiger partial charge in [-0.1, -0.05) is 38.1 Å². The third kappa shape index (κ3) is 3.78. The molecule has 1 aromatic heterocycles. The number of benzene rings is 1. The Morgan fingerprint density at radius 2 is 1.67 bits per heavy atom. The molecule has 5 heteroatoms. The predicted octanol–water partition coefficient (Wildman–Crippen LogP) is 2.38. The normalized spacial score (nSPS) is 12.2. The van der Waals surface area contributed by atoms with Crippen LogP contribution in [0.1, 0.15) is 54.3 Å². The summed E-state index contributed by atoms with van der Waals surface area (Å²) < 4.78 is 0. The number of aromatic nitrogens is 2. The quantitative estimate of drug-likeness (QED) is 0.905. The molecule has 1 amide bonds. The van der Waals surface area contributed by atoms with Crippen LogP contribution in [0.2, 0.25) is 0 Å². The second-order valence-corrected chi connectivity index (χ2v) is 5.32. The van der Waals surface area contributed by atoms with E-state index in [1.165, 1.54) is 17.7 Å². The van der Waals surface area contributed by atoms with Crippen LogP contribution in [0.5, 0.6) is 0 Å². The minimum Gasteiger partial charge on any atom is -0.344 e. The number of hydrogen-bond acceptors (Lipinski definition) is 3. The Balaban J connectivity index is 2.06. The van der Waals surface area contributed by atoms with Gasteiger partial charge >= 0.3 is 0 Å². The fourth-order valence-corrected chi connectivity index (χ4v) is 1.99. The zero-order chi connectivity index (χ0) is 15.4. The number of H-pyrrole nitrogens is 1. The molecule has 0 spiro atoms. The molecular formula is C16H19N3O2. The molecular weight excluding hydrogens is 266 g/mol. The number of carbonyl (C=O) groups is 1. The molecule has 0 fully saturated rings. The molecule has 0 aliphatic heterocycles. The molecule has 1 heterocycles. The highest BCUT2D eigenvalue weighted by Gasteiger charge is 2.13. The van der Waals surface area contributed by atoms with Crippen LogP contribution in [0.25, 0.3) is 0 Å². The fraction of sp³-hybridized carbons (Fsp3) is 0.312. The number of carbonyl (C=O) groups excluding carboxylic acids is 1. The molecule has 2 rings (SSSR count). The number of aromatic amines is 1. The van der Waals surface area contributed by atoms with E-state index in [1.54, 1.807) is 0 Å². The van der Waals surface area contributed by atoms with E-state index < -0.39 is 0 Å². The molecule has 0 saturated heterocycles. The molecule has 0 bridgehead atoms. The summed E-state index contributed by atoms with van der Waals surface area (Å²) in [5.41, 5.74) is 2.15. The molecule has 2 aromatic rings. The Kier molecular flexibility index (Phi) is 4.52. The zero-order valence-electron chi connectivity index (χ0n) is 12.4. The van der Waals surface area contributed by atoms with Crippen LogP contribution in [0.4, 0.5) is 0 Å². The van der Waals surface area contributed by atoms with Crippen LogP contribution < -0.4 is 10.9 Å². The molecule has 1 aromatic carbocycles. The average molecular weight is 285 g/mol. The molecule has 5 nitrogen and oxygen atoms in total. The maximum atomic E-state index is 12.0. The van der Waals surface area contributed by atoms with Crippen molar-refractivity contribution in [1.29, 1.82) is 0 Å². The van der Waals surface area contributed by atoms with Gasteiger partial charge in [0.15, 0.2) is 0 Å². The Morgan fingerprint density at radius 3 is 2.19 bits per heavy atom. The summed E-state index contributed by atoms with van der Waals surface area (Å²) in [5, 5.41) is 8.82. The summed E-state index contributed by atoms with van der Waals surface area (Å²) in [6.45, 7) is 6.19. The molecule has 110 valence electrons. The molecule has 21 heavy (non-hydrogen) atoms. The van der Waals surface area contributed by atoms with Gasteiger partial charge in [0, 0.05) is 6.07 Å². The van der Waals surface area contributed by atoms with Gasteiger partial charge in [0.25, 0.3) is 11.5 Å². The maximum absolute atomic E-state index is 12.0. The van der Waals surface area contributed by atoms with Crippen molar-refractivity contribution in [2.75, 3.05) is 0 Å². The first kappa shape index (κ1) is 15.0. The Bertz CT molecular complexity index is 654. The van der Waals surface area contributed by atoms with Crippen molar-refractivity contribution in [3.8, 4) is 0 Å². The van der Waals surface area contributed by atoms with E-state index in [9.17, 15) is 9.59 Å². The number of nitrogens with one attached hydrogen (secondary N) is 2. The van der Waals surface area contributed by atoms with E-state index in [0.717, 1.165) is 5.56 Å². The summed E-state index contributed by atoms with van der Waals surface area (Å²) in [7, 11) is 0. The zero-order valence-corrected chi connectivity index (χ0v) is 12.4. The largest absolute Gasteiger partial charge is 0.344 e. The Morgan fingerprint density at radius 1 is 1.05 bits per heavy atom. The second-order valence-electron chi connectivity index (χ2n) is 5.32. The minimum absolute atomic E-state index is 0.132. The maximum Gasteiger partial charge on any atom is 0.272 e. The van der Waals surface area contributed by atoms with Crippen molar-refractivity contribution in [3.63, 3.8) is 0 Å². The molecule has 0 aliphatic rings. The SMILES string of the molecule is CC(C)c1ccc(C(C)NC(=O)c2ccc(=O)[nH]n2)cc1. The van der Waals surface area contributed by atoms with E-state index in [1.807, 2.05) is 19.1 Å². The topological polar surface area (TPSA) is 74.8 Å². The van der Waals surface area contributed by atoms with Crippen molar-refractivity contribution in [2.45, 2.75) is 32.7 Å². The first-order chi connectivity index (χ1) is 9.97. The standard InChI is InChI=1S/C16H19N3O2/c1-10(2)12-4-6-13(7-5-12)11(3)17-16(21)14-8-9-15(20)19-18-14/h4-11H,1-3H3,(H,17,21)(H,19,20). The summed E-state index contributed by atoms with van der Waals surface area (Å²) in [6, 6.07) is 10.7. The number of hydrogen-bond donors (Lipinski definition) is 2. The van der Waals surface area contributed by atoms with Crippen molar-refractivity contribution in [3.05, 3.63) is 63.6 Å². The lowest BCUT2D eigenvalue weighted by molar-refractivity contribution is 0.0933. The van der Waals surface area contributed by atoms with Gasteiger partial charge in [0.2, 0.25) is 0 Å². The lowest BCUT2D eigenvalue weighted by Crippen LogP contribution is -2.28. The Hall–Kier alpha value is -2.43. The van der Waals surface area contributed by atoms with E-state index in [0.29, 0.717) is 5.92 Å². The van der Waals surface area contributed by atoms with Crippen LogP contribution in [0.3, 0.4) is 0 Å². The van der Waals surface area contributed by atoms with Gasteiger partial charge in [-0.15, -0.1) is 0 Å². The second kappa shape index (κ2) is 6.35. The van der Waals surface area contributed by atoms with Crippen molar-refractivity contribution in [2.24, 2.45) is 0 Å². The van der Waals surface area contributed by atoms with E-state index in [4.69, 9.17) is 0 Å². The van der Waals surface area contributed by atoms with Gasteiger partial charge in [0.1, 0.15) is 5.69 Å². The lowest BCUT2D eigenvalue weighted by Gasteiger charge is -2.15. The minimum atomic E-state index is -0.330. The third-order valence-corrected chi connectivity index (χ3v) is 3.36. The smallest absolute Gasteiger partial charge is 0.272 e. The van der Waals surface area contributed by atoms with Gasteiger partial charge < -0.3 is 5.32 Å². The summed E-state index contributed by atoms with van der Waals surface area (Å²) in [5.74, 6) is 0.168. The highest BCUT2D eigenvalue weighted by Crippen LogP contribution is 2.18. The van der Waals surface area contributed by atoms with E-state index >= 15 is 0 Å². The summed E-state index contributed by atoms with van der Waals surface area (Å²) in [6.07, 6.45) is 0. The molecule has 2 N–H and O–H groups in total.